The minimum absolute atomic E-state index is 0.0287. The van der Waals surface area contributed by atoms with Crippen LogP contribution in [0.3, 0.4) is 0 Å². The Morgan fingerprint density at radius 3 is 2.60 bits per heavy atom. The highest BCUT2D eigenvalue weighted by molar-refractivity contribution is 9.10. The summed E-state index contributed by atoms with van der Waals surface area (Å²) in [5.74, 6) is 0.622. The average molecular weight is 393 g/mol. The number of amides is 1. The number of nitriles is 1. The number of carbonyl (C=O) groups is 1. The van der Waals surface area contributed by atoms with E-state index in [1.165, 1.54) is 6.08 Å². The summed E-state index contributed by atoms with van der Waals surface area (Å²) in [5, 5.41) is 12.0. The van der Waals surface area contributed by atoms with Crippen molar-refractivity contribution in [1.82, 2.24) is 0 Å². The van der Waals surface area contributed by atoms with Gasteiger partial charge in [-0.25, -0.2) is 0 Å². The second kappa shape index (κ2) is 7.65. The van der Waals surface area contributed by atoms with E-state index < -0.39 is 5.91 Å². The summed E-state index contributed by atoms with van der Waals surface area (Å²) in [6.45, 7) is 0. The van der Waals surface area contributed by atoms with E-state index in [2.05, 4.69) is 21.2 Å². The zero-order valence-corrected chi connectivity index (χ0v) is 14.7. The van der Waals surface area contributed by atoms with E-state index in [9.17, 15) is 10.1 Å². The van der Waals surface area contributed by atoms with Gasteiger partial charge in [-0.3, -0.25) is 4.79 Å². The standard InChI is InChI=1S/C20H13BrN2O2/c21-16-6-4-5-14(11-16)19-10-9-18(25-19)12-15(13-22)20(24)23-17-7-2-1-3-8-17/h1-12H,(H,23,24)/b15-12-. The Bertz CT molecular complexity index is 969. The maximum Gasteiger partial charge on any atom is 0.266 e. The summed E-state index contributed by atoms with van der Waals surface area (Å²) in [6.07, 6.45) is 1.43. The van der Waals surface area contributed by atoms with Crippen LogP contribution >= 0.6 is 15.9 Å². The summed E-state index contributed by atoms with van der Waals surface area (Å²) in [4.78, 5) is 12.2. The molecule has 1 aromatic heterocycles. The van der Waals surface area contributed by atoms with Gasteiger partial charge in [0.15, 0.2) is 0 Å². The quantitative estimate of drug-likeness (QED) is 0.486. The van der Waals surface area contributed by atoms with Crippen LogP contribution in [0.4, 0.5) is 5.69 Å². The first-order valence-corrected chi connectivity index (χ1v) is 8.29. The van der Waals surface area contributed by atoms with Crippen LogP contribution in [0.5, 0.6) is 0 Å². The second-order valence-electron chi connectivity index (χ2n) is 5.20. The Kier molecular flexibility index (Phi) is 5.12. The van der Waals surface area contributed by atoms with Crippen molar-refractivity contribution >= 4 is 33.6 Å². The van der Waals surface area contributed by atoms with Gasteiger partial charge in [0.1, 0.15) is 23.2 Å². The molecule has 3 rings (SSSR count). The molecule has 0 fully saturated rings. The number of hydrogen-bond acceptors (Lipinski definition) is 3. The van der Waals surface area contributed by atoms with Gasteiger partial charge in [-0.2, -0.15) is 5.26 Å². The average Bonchev–Trinajstić information content (AvgIpc) is 3.09. The zero-order valence-electron chi connectivity index (χ0n) is 13.1. The SMILES string of the molecule is N#C/C(=C/c1ccc(-c2cccc(Br)c2)o1)C(=O)Nc1ccccc1. The van der Waals surface area contributed by atoms with Crippen molar-refractivity contribution in [3.05, 3.63) is 82.5 Å². The topological polar surface area (TPSA) is 66.0 Å². The van der Waals surface area contributed by atoms with E-state index in [1.807, 2.05) is 48.5 Å². The van der Waals surface area contributed by atoms with E-state index in [-0.39, 0.29) is 5.57 Å². The fraction of sp³-hybridized carbons (Fsp3) is 0. The third kappa shape index (κ3) is 4.25. The molecule has 0 spiro atoms. The highest BCUT2D eigenvalue weighted by Crippen LogP contribution is 2.26. The number of halogens is 1. The Labute approximate surface area is 153 Å². The van der Waals surface area contributed by atoms with Crippen LogP contribution in [0.15, 0.2) is 81.2 Å². The van der Waals surface area contributed by atoms with Gasteiger partial charge in [0.05, 0.1) is 0 Å². The first-order chi connectivity index (χ1) is 12.2. The van der Waals surface area contributed by atoms with E-state index >= 15 is 0 Å². The highest BCUT2D eigenvalue weighted by atomic mass is 79.9. The second-order valence-corrected chi connectivity index (χ2v) is 6.12. The first-order valence-electron chi connectivity index (χ1n) is 7.50. The van der Waals surface area contributed by atoms with Crippen molar-refractivity contribution in [3.8, 4) is 17.4 Å². The Morgan fingerprint density at radius 2 is 1.88 bits per heavy atom. The molecule has 0 bridgehead atoms. The molecule has 0 aliphatic rings. The number of furan rings is 1. The molecule has 3 aromatic rings. The van der Waals surface area contributed by atoms with E-state index in [0.717, 1.165) is 10.0 Å². The Hall–Kier alpha value is -3.10. The maximum atomic E-state index is 12.2. The molecule has 122 valence electrons. The van der Waals surface area contributed by atoms with Crippen LogP contribution in [0, 0.1) is 11.3 Å². The predicted octanol–water partition coefficient (Wildman–Crippen LogP) is 5.25. The number of carbonyl (C=O) groups excluding carboxylic acids is 1. The van der Waals surface area contributed by atoms with Gasteiger partial charge in [0.25, 0.3) is 5.91 Å². The fourth-order valence-corrected chi connectivity index (χ4v) is 2.64. The third-order valence-electron chi connectivity index (χ3n) is 3.42. The van der Waals surface area contributed by atoms with Crippen LogP contribution < -0.4 is 5.32 Å². The van der Waals surface area contributed by atoms with Gasteiger partial charge in [0, 0.05) is 21.8 Å². The molecule has 1 N–H and O–H groups in total. The zero-order chi connectivity index (χ0) is 17.6. The lowest BCUT2D eigenvalue weighted by Crippen LogP contribution is -2.13. The Morgan fingerprint density at radius 1 is 1.08 bits per heavy atom. The lowest BCUT2D eigenvalue weighted by molar-refractivity contribution is -0.112. The van der Waals surface area contributed by atoms with Crippen LogP contribution in [0.2, 0.25) is 0 Å². The van der Waals surface area contributed by atoms with Gasteiger partial charge in [-0.15, -0.1) is 0 Å². The molecule has 0 saturated carbocycles. The summed E-state index contributed by atoms with van der Waals surface area (Å²) in [7, 11) is 0. The number of nitrogens with zero attached hydrogens (tertiary/aromatic N) is 1. The van der Waals surface area contributed by atoms with Crippen LogP contribution in [0.25, 0.3) is 17.4 Å². The van der Waals surface area contributed by atoms with Crippen molar-refractivity contribution in [2.75, 3.05) is 5.32 Å². The van der Waals surface area contributed by atoms with Gasteiger partial charge >= 0.3 is 0 Å². The number of para-hydroxylation sites is 1. The largest absolute Gasteiger partial charge is 0.457 e. The van der Waals surface area contributed by atoms with Gasteiger partial charge in [-0.05, 0) is 36.4 Å². The molecule has 0 aliphatic carbocycles. The molecule has 0 saturated heterocycles. The minimum Gasteiger partial charge on any atom is -0.457 e. The van der Waals surface area contributed by atoms with Crippen LogP contribution in [-0.2, 0) is 4.79 Å². The van der Waals surface area contributed by atoms with Crippen molar-refractivity contribution in [2.24, 2.45) is 0 Å². The molecule has 0 unspecified atom stereocenters. The maximum absolute atomic E-state index is 12.2. The number of benzene rings is 2. The van der Waals surface area contributed by atoms with Crippen LogP contribution in [-0.4, -0.2) is 5.91 Å². The molecule has 1 heterocycles. The third-order valence-corrected chi connectivity index (χ3v) is 3.91. The molecule has 5 heteroatoms. The fourth-order valence-electron chi connectivity index (χ4n) is 2.24. The summed E-state index contributed by atoms with van der Waals surface area (Å²) in [6, 6.07) is 22.1. The summed E-state index contributed by atoms with van der Waals surface area (Å²) >= 11 is 3.42. The smallest absolute Gasteiger partial charge is 0.266 e. The predicted molar refractivity (Wildman–Crippen MR) is 101 cm³/mol. The number of anilines is 1. The molecular formula is C20H13BrN2O2. The summed E-state index contributed by atoms with van der Waals surface area (Å²) in [5.41, 5.74) is 1.50. The lowest BCUT2D eigenvalue weighted by atomic mass is 10.2. The normalized spacial score (nSPS) is 11.0. The van der Waals surface area contributed by atoms with Gasteiger partial charge in [-0.1, -0.05) is 46.3 Å². The lowest BCUT2D eigenvalue weighted by Gasteiger charge is -2.03. The first kappa shape index (κ1) is 16.7. The molecule has 0 aliphatic heterocycles. The molecule has 1 amide bonds. The Balaban J connectivity index is 1.81. The molecule has 0 atom stereocenters. The van der Waals surface area contributed by atoms with E-state index in [0.29, 0.717) is 17.2 Å². The van der Waals surface area contributed by atoms with Gasteiger partial charge < -0.3 is 9.73 Å². The highest BCUT2D eigenvalue weighted by Gasteiger charge is 2.11. The number of hydrogen-bond donors (Lipinski definition) is 1. The van der Waals surface area contributed by atoms with Crippen molar-refractivity contribution in [3.63, 3.8) is 0 Å². The molecule has 4 nitrogen and oxygen atoms in total. The molecule has 0 radical (unpaired) electrons. The number of rotatable bonds is 4. The van der Waals surface area contributed by atoms with Gasteiger partial charge in [0.2, 0.25) is 0 Å². The van der Waals surface area contributed by atoms with Crippen molar-refractivity contribution in [2.45, 2.75) is 0 Å². The monoisotopic (exact) mass is 392 g/mol. The van der Waals surface area contributed by atoms with Crippen molar-refractivity contribution in [1.29, 1.82) is 5.26 Å². The summed E-state index contributed by atoms with van der Waals surface area (Å²) < 4.78 is 6.67. The van der Waals surface area contributed by atoms with E-state index in [4.69, 9.17) is 4.42 Å². The van der Waals surface area contributed by atoms with E-state index in [1.54, 1.807) is 24.3 Å². The molecule has 25 heavy (non-hydrogen) atoms. The minimum atomic E-state index is -0.478. The van der Waals surface area contributed by atoms with Crippen molar-refractivity contribution < 1.29 is 9.21 Å². The molecule has 2 aromatic carbocycles. The molecular weight excluding hydrogens is 380 g/mol. The number of nitrogens with one attached hydrogen (secondary N) is 1. The van der Waals surface area contributed by atoms with Crippen LogP contribution in [0.1, 0.15) is 5.76 Å².